The standard InChI is InChI=1S/C15H18Cl6N2O4/c16-14(17,18)11(22-7-24)26-5-13(4-9-1-2-10(13)3-9)6-27-12(23-8-25)15(19,20)21/h1-2,7-12H,3-6H2,(H,22,24)(H,23,25). The Balaban J connectivity index is 2.11. The summed E-state index contributed by atoms with van der Waals surface area (Å²) in [4.78, 5) is 21.5. The van der Waals surface area contributed by atoms with Gasteiger partial charge in [-0.15, -0.1) is 0 Å². The van der Waals surface area contributed by atoms with Gasteiger partial charge in [0.15, 0.2) is 12.5 Å². The molecule has 2 aliphatic carbocycles. The van der Waals surface area contributed by atoms with Gasteiger partial charge in [0.2, 0.25) is 20.4 Å². The highest BCUT2D eigenvalue weighted by molar-refractivity contribution is 6.68. The van der Waals surface area contributed by atoms with Crippen molar-refractivity contribution in [2.45, 2.75) is 32.9 Å². The van der Waals surface area contributed by atoms with E-state index in [2.05, 4.69) is 22.8 Å². The van der Waals surface area contributed by atoms with Crippen molar-refractivity contribution in [1.29, 1.82) is 0 Å². The maximum Gasteiger partial charge on any atom is 0.234 e. The Kier molecular flexibility index (Phi) is 8.25. The number of hydrogen-bond acceptors (Lipinski definition) is 4. The van der Waals surface area contributed by atoms with Gasteiger partial charge in [-0.1, -0.05) is 81.8 Å². The molecule has 0 radical (unpaired) electrons. The van der Waals surface area contributed by atoms with Crippen molar-refractivity contribution in [3.63, 3.8) is 0 Å². The zero-order valence-electron chi connectivity index (χ0n) is 13.8. The summed E-state index contributed by atoms with van der Waals surface area (Å²) in [5.74, 6) is 0.500. The van der Waals surface area contributed by atoms with Crippen LogP contribution in [0.1, 0.15) is 12.8 Å². The fourth-order valence-corrected chi connectivity index (χ4v) is 4.28. The topological polar surface area (TPSA) is 76.7 Å². The monoisotopic (exact) mass is 500 g/mol. The van der Waals surface area contributed by atoms with Gasteiger partial charge < -0.3 is 20.1 Å². The molecule has 1 fully saturated rings. The number of rotatable bonds is 10. The first-order chi connectivity index (χ1) is 12.5. The minimum atomic E-state index is -1.85. The summed E-state index contributed by atoms with van der Waals surface area (Å²) < 4.78 is 7.74. The van der Waals surface area contributed by atoms with Crippen molar-refractivity contribution >= 4 is 82.4 Å². The van der Waals surface area contributed by atoms with E-state index in [9.17, 15) is 9.59 Å². The van der Waals surface area contributed by atoms with E-state index >= 15 is 0 Å². The summed E-state index contributed by atoms with van der Waals surface area (Å²) >= 11 is 35.1. The van der Waals surface area contributed by atoms with E-state index in [0.717, 1.165) is 12.8 Å². The molecule has 154 valence electrons. The van der Waals surface area contributed by atoms with Crippen LogP contribution in [0, 0.1) is 17.3 Å². The highest BCUT2D eigenvalue weighted by atomic mass is 35.6. The van der Waals surface area contributed by atoms with Crippen LogP contribution in [0.3, 0.4) is 0 Å². The molecule has 2 aliphatic rings. The lowest BCUT2D eigenvalue weighted by Gasteiger charge is -2.38. The van der Waals surface area contributed by atoms with Gasteiger partial charge in [0.25, 0.3) is 0 Å². The molecule has 2 rings (SSSR count). The second-order valence-electron chi connectivity index (χ2n) is 6.59. The van der Waals surface area contributed by atoms with Gasteiger partial charge in [-0.05, 0) is 24.7 Å². The Morgan fingerprint density at radius 2 is 1.44 bits per heavy atom. The van der Waals surface area contributed by atoms with Crippen LogP contribution in [-0.4, -0.2) is 46.1 Å². The molecule has 0 aliphatic heterocycles. The minimum Gasteiger partial charge on any atom is -0.353 e. The molecule has 6 nitrogen and oxygen atoms in total. The van der Waals surface area contributed by atoms with Crippen molar-refractivity contribution in [2.75, 3.05) is 13.2 Å². The van der Waals surface area contributed by atoms with Crippen LogP contribution in [0.4, 0.5) is 0 Å². The summed E-state index contributed by atoms with van der Waals surface area (Å²) in [6.45, 7) is 0.261. The molecular formula is C15H18Cl6N2O4. The molecule has 0 aromatic heterocycles. The third-order valence-corrected chi connectivity index (χ3v) is 5.93. The number of halogens is 6. The van der Waals surface area contributed by atoms with Gasteiger partial charge in [0.05, 0.1) is 13.2 Å². The summed E-state index contributed by atoms with van der Waals surface area (Å²) in [7, 11) is 0. The van der Waals surface area contributed by atoms with Gasteiger partial charge in [-0.2, -0.15) is 0 Å². The second kappa shape index (κ2) is 9.43. The van der Waals surface area contributed by atoms with Crippen molar-refractivity contribution in [3.8, 4) is 0 Å². The zero-order valence-corrected chi connectivity index (χ0v) is 18.4. The first kappa shape index (κ1) is 23.6. The van der Waals surface area contributed by atoms with E-state index in [-0.39, 0.29) is 19.1 Å². The maximum absolute atomic E-state index is 10.8. The average Bonchev–Trinajstić information content (AvgIpc) is 3.14. The van der Waals surface area contributed by atoms with Crippen LogP contribution in [0.2, 0.25) is 0 Å². The lowest BCUT2D eigenvalue weighted by Crippen LogP contribution is -2.48. The summed E-state index contributed by atoms with van der Waals surface area (Å²) in [6.07, 6.45) is 4.38. The lowest BCUT2D eigenvalue weighted by atomic mass is 9.77. The van der Waals surface area contributed by atoms with Gasteiger partial charge in [0.1, 0.15) is 0 Å². The smallest absolute Gasteiger partial charge is 0.234 e. The highest BCUT2D eigenvalue weighted by Gasteiger charge is 2.51. The average molecular weight is 503 g/mol. The third-order valence-electron chi connectivity index (χ3n) is 4.74. The predicted octanol–water partition coefficient (Wildman–Crippen LogP) is 3.49. The van der Waals surface area contributed by atoms with Crippen molar-refractivity contribution in [1.82, 2.24) is 10.6 Å². The fraction of sp³-hybridized carbons (Fsp3) is 0.733. The van der Waals surface area contributed by atoms with E-state index in [1.165, 1.54) is 0 Å². The number of hydrogen-bond donors (Lipinski definition) is 2. The maximum atomic E-state index is 10.8. The number of ether oxygens (including phenoxy) is 2. The Morgan fingerprint density at radius 3 is 1.74 bits per heavy atom. The van der Waals surface area contributed by atoms with Gasteiger partial charge in [-0.3, -0.25) is 9.59 Å². The molecule has 27 heavy (non-hydrogen) atoms. The molecule has 0 aromatic rings. The number of carbonyl (C=O) groups is 2. The number of amides is 2. The quantitative estimate of drug-likeness (QED) is 0.207. The van der Waals surface area contributed by atoms with E-state index in [0.29, 0.717) is 18.7 Å². The van der Waals surface area contributed by atoms with Crippen LogP contribution in [0.25, 0.3) is 0 Å². The summed E-state index contributed by atoms with van der Waals surface area (Å²) in [6, 6.07) is 0. The normalized spacial score (nSPS) is 29.4. The fourth-order valence-electron chi connectivity index (χ4n) is 3.52. The van der Waals surface area contributed by atoms with Crippen molar-refractivity contribution in [2.24, 2.45) is 17.3 Å². The SMILES string of the molecule is O=CNC(OCC1(COC(NC=O)C(Cl)(Cl)Cl)CC2C=CC1C2)C(Cl)(Cl)Cl. The van der Waals surface area contributed by atoms with E-state index in [1.54, 1.807) is 0 Å². The zero-order chi connectivity index (χ0) is 20.3. The summed E-state index contributed by atoms with van der Waals surface area (Å²) in [5, 5.41) is 4.68. The molecule has 4 atom stereocenters. The van der Waals surface area contributed by atoms with E-state index < -0.39 is 25.5 Å². The number of alkyl halides is 6. The molecule has 2 amide bonds. The first-order valence-electron chi connectivity index (χ1n) is 7.96. The van der Waals surface area contributed by atoms with Crippen molar-refractivity contribution < 1.29 is 19.1 Å². The Morgan fingerprint density at radius 1 is 0.963 bits per heavy atom. The van der Waals surface area contributed by atoms with Gasteiger partial charge in [0, 0.05) is 5.41 Å². The largest absolute Gasteiger partial charge is 0.353 e. The predicted molar refractivity (Wildman–Crippen MR) is 106 cm³/mol. The number of carbonyl (C=O) groups excluding carboxylic acids is 2. The number of nitrogens with one attached hydrogen (secondary N) is 2. The van der Waals surface area contributed by atoms with E-state index in [1.807, 2.05) is 0 Å². The molecular weight excluding hydrogens is 485 g/mol. The molecule has 0 heterocycles. The van der Waals surface area contributed by atoms with Gasteiger partial charge in [-0.25, -0.2) is 0 Å². The molecule has 0 saturated heterocycles. The van der Waals surface area contributed by atoms with Crippen LogP contribution in [0.5, 0.6) is 0 Å². The molecule has 0 aromatic carbocycles. The number of allylic oxidation sites excluding steroid dienone is 2. The van der Waals surface area contributed by atoms with Crippen LogP contribution < -0.4 is 10.6 Å². The Labute approximate surface area is 187 Å². The first-order valence-corrected chi connectivity index (χ1v) is 10.2. The molecule has 12 heteroatoms. The Hall–Kier alpha value is 0.340. The van der Waals surface area contributed by atoms with Crippen LogP contribution >= 0.6 is 69.6 Å². The van der Waals surface area contributed by atoms with E-state index in [4.69, 9.17) is 79.1 Å². The highest BCUT2D eigenvalue weighted by Crippen LogP contribution is 2.53. The second-order valence-corrected chi connectivity index (χ2v) is 11.3. The molecule has 0 spiro atoms. The molecule has 2 bridgehead atoms. The Bertz CT molecular complexity index is 533. The lowest BCUT2D eigenvalue weighted by molar-refractivity contribution is -0.121. The minimum absolute atomic E-state index is 0.131. The molecule has 1 saturated carbocycles. The number of fused-ring (bicyclic) bond motifs is 2. The van der Waals surface area contributed by atoms with Crippen LogP contribution in [0.15, 0.2) is 12.2 Å². The molecule has 4 unspecified atom stereocenters. The van der Waals surface area contributed by atoms with Crippen molar-refractivity contribution in [3.05, 3.63) is 12.2 Å². The summed E-state index contributed by atoms with van der Waals surface area (Å²) in [5.41, 5.74) is -0.489. The van der Waals surface area contributed by atoms with Gasteiger partial charge >= 0.3 is 0 Å². The third kappa shape index (κ3) is 6.16. The van der Waals surface area contributed by atoms with Crippen LogP contribution in [-0.2, 0) is 19.1 Å². The molecule has 2 N–H and O–H groups in total.